The van der Waals surface area contributed by atoms with Gasteiger partial charge in [0, 0.05) is 18.7 Å². The first-order valence-corrected chi connectivity index (χ1v) is 6.55. The fraction of sp³-hybridized carbons (Fsp3) is 0.538. The van der Waals surface area contributed by atoms with Crippen molar-refractivity contribution >= 4 is 23.0 Å². The normalized spacial score (nSPS) is 13.9. The third-order valence-corrected chi connectivity index (χ3v) is 3.15. The van der Waals surface area contributed by atoms with E-state index in [1.807, 2.05) is 6.92 Å². The SMILES string of the molecule is Cc1cc([N+](=O)[O-])cc(Cl)c1NCC(C)CC(C)O. The summed E-state index contributed by atoms with van der Waals surface area (Å²) in [5.74, 6) is 0.283. The van der Waals surface area contributed by atoms with E-state index < -0.39 is 4.92 Å². The quantitative estimate of drug-likeness (QED) is 0.621. The highest BCUT2D eigenvalue weighted by atomic mass is 35.5. The van der Waals surface area contributed by atoms with E-state index in [1.54, 1.807) is 13.8 Å². The third kappa shape index (κ3) is 4.69. The highest BCUT2D eigenvalue weighted by Gasteiger charge is 2.14. The molecule has 5 nitrogen and oxygen atoms in total. The number of halogens is 1. The zero-order chi connectivity index (χ0) is 14.6. The van der Waals surface area contributed by atoms with Crippen LogP contribution in [-0.4, -0.2) is 22.7 Å². The minimum absolute atomic E-state index is 0.00919. The molecule has 0 heterocycles. The highest BCUT2D eigenvalue weighted by Crippen LogP contribution is 2.31. The molecule has 106 valence electrons. The first-order valence-electron chi connectivity index (χ1n) is 6.17. The Hall–Kier alpha value is -1.33. The number of aryl methyl sites for hydroxylation is 1. The Balaban J connectivity index is 2.77. The molecule has 1 aromatic carbocycles. The average molecular weight is 287 g/mol. The van der Waals surface area contributed by atoms with Crippen LogP contribution in [0.25, 0.3) is 0 Å². The number of nitro groups is 1. The predicted molar refractivity (Wildman–Crippen MR) is 76.8 cm³/mol. The molecule has 2 unspecified atom stereocenters. The molecule has 1 aromatic rings. The number of nitrogens with zero attached hydrogens (tertiary/aromatic N) is 1. The van der Waals surface area contributed by atoms with Crippen molar-refractivity contribution < 1.29 is 10.0 Å². The maximum absolute atomic E-state index is 10.7. The summed E-state index contributed by atoms with van der Waals surface area (Å²) in [5.41, 5.74) is 1.44. The van der Waals surface area contributed by atoms with Gasteiger partial charge >= 0.3 is 0 Å². The monoisotopic (exact) mass is 286 g/mol. The summed E-state index contributed by atoms with van der Waals surface area (Å²) in [6.45, 7) is 6.21. The lowest BCUT2D eigenvalue weighted by atomic mass is 10.0. The van der Waals surface area contributed by atoms with E-state index in [4.69, 9.17) is 11.6 Å². The van der Waals surface area contributed by atoms with E-state index in [9.17, 15) is 15.2 Å². The summed E-state index contributed by atoms with van der Waals surface area (Å²) >= 11 is 6.05. The van der Waals surface area contributed by atoms with Crippen molar-refractivity contribution in [2.24, 2.45) is 5.92 Å². The van der Waals surface area contributed by atoms with Crippen LogP contribution in [0.1, 0.15) is 25.8 Å². The molecule has 0 aliphatic carbocycles. The molecule has 0 aliphatic heterocycles. The molecule has 19 heavy (non-hydrogen) atoms. The Bertz CT molecular complexity index is 440. The van der Waals surface area contributed by atoms with Gasteiger partial charge in [-0.15, -0.1) is 0 Å². The number of aliphatic hydroxyl groups excluding tert-OH is 1. The zero-order valence-electron chi connectivity index (χ0n) is 11.3. The van der Waals surface area contributed by atoms with E-state index >= 15 is 0 Å². The second-order valence-corrected chi connectivity index (χ2v) is 5.35. The summed E-state index contributed by atoms with van der Waals surface area (Å²) in [5, 5.41) is 23.5. The minimum Gasteiger partial charge on any atom is -0.393 e. The number of nitro benzene ring substituents is 1. The zero-order valence-corrected chi connectivity index (χ0v) is 12.1. The van der Waals surface area contributed by atoms with Crippen molar-refractivity contribution in [3.05, 3.63) is 32.8 Å². The van der Waals surface area contributed by atoms with E-state index in [-0.39, 0.29) is 17.7 Å². The van der Waals surface area contributed by atoms with E-state index in [2.05, 4.69) is 5.32 Å². The van der Waals surface area contributed by atoms with Gasteiger partial charge in [-0.25, -0.2) is 0 Å². The summed E-state index contributed by atoms with van der Waals surface area (Å²) in [6, 6.07) is 2.84. The van der Waals surface area contributed by atoms with E-state index in [0.29, 0.717) is 23.7 Å². The van der Waals surface area contributed by atoms with Crippen LogP contribution in [0.5, 0.6) is 0 Å². The van der Waals surface area contributed by atoms with Crippen molar-refractivity contribution in [2.45, 2.75) is 33.3 Å². The lowest BCUT2D eigenvalue weighted by Crippen LogP contribution is -2.16. The Morgan fingerprint density at radius 1 is 1.47 bits per heavy atom. The van der Waals surface area contributed by atoms with Crippen molar-refractivity contribution in [2.75, 3.05) is 11.9 Å². The topological polar surface area (TPSA) is 75.4 Å². The molecule has 0 saturated heterocycles. The number of hydrogen-bond donors (Lipinski definition) is 2. The molecule has 6 heteroatoms. The van der Waals surface area contributed by atoms with Gasteiger partial charge in [0.05, 0.1) is 21.7 Å². The Morgan fingerprint density at radius 2 is 2.11 bits per heavy atom. The van der Waals surface area contributed by atoms with Crippen LogP contribution in [-0.2, 0) is 0 Å². The maximum Gasteiger partial charge on any atom is 0.271 e. The molecule has 2 atom stereocenters. The molecule has 0 aromatic heterocycles. The molecule has 1 rings (SSSR count). The number of rotatable bonds is 6. The van der Waals surface area contributed by atoms with E-state index in [1.165, 1.54) is 12.1 Å². The number of hydrogen-bond acceptors (Lipinski definition) is 4. The number of nitrogens with one attached hydrogen (secondary N) is 1. The molecule has 0 spiro atoms. The van der Waals surface area contributed by atoms with Crippen LogP contribution in [0.15, 0.2) is 12.1 Å². The Morgan fingerprint density at radius 3 is 2.58 bits per heavy atom. The van der Waals surface area contributed by atoms with Gasteiger partial charge in [-0.1, -0.05) is 18.5 Å². The van der Waals surface area contributed by atoms with Gasteiger partial charge in [-0.2, -0.15) is 0 Å². The summed E-state index contributed by atoms with van der Waals surface area (Å²) in [4.78, 5) is 10.2. The summed E-state index contributed by atoms with van der Waals surface area (Å²) in [6.07, 6.45) is 0.349. The predicted octanol–water partition coefficient (Wildman–Crippen LogP) is 3.38. The molecule has 2 N–H and O–H groups in total. The maximum atomic E-state index is 10.7. The number of aliphatic hydroxyl groups is 1. The second kappa shape index (κ2) is 6.73. The first-order chi connectivity index (χ1) is 8.81. The molecule has 0 aliphatic rings. The molecule has 0 radical (unpaired) electrons. The molecular formula is C13H19ClN2O3. The van der Waals surface area contributed by atoms with Gasteiger partial charge in [-0.3, -0.25) is 10.1 Å². The van der Waals surface area contributed by atoms with Crippen LogP contribution >= 0.6 is 11.6 Å². The lowest BCUT2D eigenvalue weighted by Gasteiger charge is -2.17. The molecule has 0 fully saturated rings. The third-order valence-electron chi connectivity index (χ3n) is 2.85. The van der Waals surface area contributed by atoms with Crippen molar-refractivity contribution in [1.29, 1.82) is 0 Å². The van der Waals surface area contributed by atoms with Gasteiger partial charge in [0.25, 0.3) is 5.69 Å². The fourth-order valence-electron chi connectivity index (χ4n) is 2.00. The van der Waals surface area contributed by atoms with Gasteiger partial charge < -0.3 is 10.4 Å². The van der Waals surface area contributed by atoms with Crippen molar-refractivity contribution in [1.82, 2.24) is 0 Å². The van der Waals surface area contributed by atoms with Crippen LogP contribution in [0.2, 0.25) is 5.02 Å². The van der Waals surface area contributed by atoms with Gasteiger partial charge in [0.2, 0.25) is 0 Å². The summed E-state index contributed by atoms with van der Waals surface area (Å²) in [7, 11) is 0. The molecular weight excluding hydrogens is 268 g/mol. The van der Waals surface area contributed by atoms with Gasteiger partial charge in [-0.05, 0) is 31.7 Å². The first kappa shape index (κ1) is 15.7. The van der Waals surface area contributed by atoms with Crippen LogP contribution in [0.4, 0.5) is 11.4 Å². The van der Waals surface area contributed by atoms with Gasteiger partial charge in [0.1, 0.15) is 0 Å². The lowest BCUT2D eigenvalue weighted by molar-refractivity contribution is -0.384. The fourth-order valence-corrected chi connectivity index (χ4v) is 2.32. The Labute approximate surface area is 117 Å². The van der Waals surface area contributed by atoms with E-state index in [0.717, 1.165) is 5.56 Å². The van der Waals surface area contributed by atoms with Crippen LogP contribution < -0.4 is 5.32 Å². The van der Waals surface area contributed by atoms with Gasteiger partial charge in [0.15, 0.2) is 0 Å². The Kier molecular flexibility index (Phi) is 5.57. The van der Waals surface area contributed by atoms with Crippen molar-refractivity contribution in [3.63, 3.8) is 0 Å². The number of anilines is 1. The molecule has 0 bridgehead atoms. The molecule has 0 amide bonds. The van der Waals surface area contributed by atoms with Crippen molar-refractivity contribution in [3.8, 4) is 0 Å². The smallest absolute Gasteiger partial charge is 0.271 e. The molecule has 0 saturated carbocycles. The number of benzene rings is 1. The van der Waals surface area contributed by atoms with Crippen LogP contribution in [0, 0.1) is 23.0 Å². The van der Waals surface area contributed by atoms with Crippen LogP contribution in [0.3, 0.4) is 0 Å². The standard InChI is InChI=1S/C13H19ClN2O3/c1-8(4-10(3)17)7-15-13-9(2)5-11(16(18)19)6-12(13)14/h5-6,8,10,15,17H,4,7H2,1-3H3. The average Bonchev–Trinajstić information content (AvgIpc) is 2.26. The number of non-ortho nitro benzene ring substituents is 1. The summed E-state index contributed by atoms with van der Waals surface area (Å²) < 4.78 is 0. The minimum atomic E-state index is -0.460. The highest BCUT2D eigenvalue weighted by molar-refractivity contribution is 6.33. The largest absolute Gasteiger partial charge is 0.393 e. The second-order valence-electron chi connectivity index (χ2n) is 4.95.